The Bertz CT molecular complexity index is 995. The standard InChI is InChI=1S/C22H24N2O4S/c1-3-27-19-7-5-4-6-17(19)21(25)24-12-10-15(11-13-24)28-22-23-18-14-16(26-2)8-9-20(18)29-22/h4-9,14-15H,3,10-13H2,1-2H3. The average molecular weight is 413 g/mol. The molecule has 1 amide bonds. The van der Waals surface area contributed by atoms with Crippen LogP contribution in [-0.4, -0.2) is 48.7 Å². The van der Waals surface area contributed by atoms with Gasteiger partial charge < -0.3 is 19.1 Å². The molecule has 2 aromatic carbocycles. The topological polar surface area (TPSA) is 60.9 Å². The first-order valence-corrected chi connectivity index (χ1v) is 10.6. The number of nitrogens with zero attached hydrogens (tertiary/aromatic N) is 2. The highest BCUT2D eigenvalue weighted by Crippen LogP contribution is 2.32. The predicted octanol–water partition coefficient (Wildman–Crippen LogP) is 4.39. The fraction of sp³-hybridized carbons (Fsp3) is 0.364. The van der Waals surface area contributed by atoms with Gasteiger partial charge in [0.15, 0.2) is 0 Å². The first-order chi connectivity index (χ1) is 14.2. The predicted molar refractivity (Wildman–Crippen MR) is 113 cm³/mol. The third-order valence-corrected chi connectivity index (χ3v) is 5.92. The van der Waals surface area contributed by atoms with Crippen LogP contribution in [0.15, 0.2) is 42.5 Å². The largest absolute Gasteiger partial charge is 0.497 e. The van der Waals surface area contributed by atoms with Crippen molar-refractivity contribution in [1.82, 2.24) is 9.88 Å². The minimum absolute atomic E-state index is 0.0135. The number of piperidine rings is 1. The number of hydrogen-bond donors (Lipinski definition) is 0. The number of carbonyl (C=O) groups excluding carboxylic acids is 1. The van der Waals surface area contributed by atoms with Crippen molar-refractivity contribution in [2.24, 2.45) is 0 Å². The van der Waals surface area contributed by atoms with E-state index in [-0.39, 0.29) is 12.0 Å². The fourth-order valence-electron chi connectivity index (χ4n) is 3.48. The van der Waals surface area contributed by atoms with Crippen LogP contribution in [0, 0.1) is 0 Å². The molecular formula is C22H24N2O4S. The lowest BCUT2D eigenvalue weighted by Gasteiger charge is -2.32. The maximum absolute atomic E-state index is 12.9. The molecule has 0 aliphatic carbocycles. The van der Waals surface area contributed by atoms with Crippen molar-refractivity contribution in [3.8, 4) is 16.7 Å². The lowest BCUT2D eigenvalue weighted by Crippen LogP contribution is -2.41. The van der Waals surface area contributed by atoms with Crippen molar-refractivity contribution in [3.63, 3.8) is 0 Å². The van der Waals surface area contributed by atoms with Gasteiger partial charge in [0.1, 0.15) is 17.6 Å². The SMILES string of the molecule is CCOc1ccccc1C(=O)N1CCC(Oc2nc3cc(OC)ccc3s2)CC1. The summed E-state index contributed by atoms with van der Waals surface area (Å²) in [6.07, 6.45) is 1.62. The van der Waals surface area contributed by atoms with Crippen LogP contribution in [0.5, 0.6) is 16.7 Å². The van der Waals surface area contributed by atoms with Crippen LogP contribution in [-0.2, 0) is 0 Å². The summed E-state index contributed by atoms with van der Waals surface area (Å²) in [5, 5.41) is 0.666. The van der Waals surface area contributed by atoms with Gasteiger partial charge in [-0.15, -0.1) is 0 Å². The molecule has 3 aromatic rings. The van der Waals surface area contributed by atoms with E-state index in [9.17, 15) is 4.79 Å². The normalized spacial score (nSPS) is 14.8. The maximum Gasteiger partial charge on any atom is 0.274 e. The Balaban J connectivity index is 1.38. The Hall–Kier alpha value is -2.80. The number of likely N-dealkylation sites (tertiary alicyclic amines) is 1. The summed E-state index contributed by atoms with van der Waals surface area (Å²) < 4.78 is 18.0. The molecule has 4 rings (SSSR count). The molecule has 29 heavy (non-hydrogen) atoms. The number of ether oxygens (including phenoxy) is 3. The molecular weight excluding hydrogens is 388 g/mol. The number of hydrogen-bond acceptors (Lipinski definition) is 6. The summed E-state index contributed by atoms with van der Waals surface area (Å²) >= 11 is 1.54. The first-order valence-electron chi connectivity index (χ1n) is 9.80. The van der Waals surface area contributed by atoms with Gasteiger partial charge in [-0.05, 0) is 31.2 Å². The zero-order valence-corrected chi connectivity index (χ0v) is 17.4. The van der Waals surface area contributed by atoms with Crippen LogP contribution >= 0.6 is 11.3 Å². The molecule has 2 heterocycles. The summed E-state index contributed by atoms with van der Waals surface area (Å²) in [7, 11) is 1.65. The van der Waals surface area contributed by atoms with E-state index in [1.165, 1.54) is 11.3 Å². The van der Waals surface area contributed by atoms with Crippen LogP contribution < -0.4 is 14.2 Å². The third-order valence-electron chi connectivity index (χ3n) is 4.99. The Morgan fingerprint density at radius 2 is 2.00 bits per heavy atom. The van der Waals surface area contributed by atoms with E-state index in [1.807, 2.05) is 54.3 Å². The molecule has 1 fully saturated rings. The summed E-state index contributed by atoms with van der Waals surface area (Å²) in [6.45, 7) is 3.77. The van der Waals surface area contributed by atoms with Crippen molar-refractivity contribution in [2.45, 2.75) is 25.9 Å². The van der Waals surface area contributed by atoms with E-state index in [1.54, 1.807) is 7.11 Å². The number of rotatable bonds is 6. The van der Waals surface area contributed by atoms with E-state index < -0.39 is 0 Å². The molecule has 152 valence electrons. The molecule has 1 saturated heterocycles. The van der Waals surface area contributed by atoms with E-state index >= 15 is 0 Å². The smallest absolute Gasteiger partial charge is 0.274 e. The third kappa shape index (κ3) is 4.29. The van der Waals surface area contributed by atoms with Gasteiger partial charge in [0.2, 0.25) is 0 Å². The lowest BCUT2D eigenvalue weighted by atomic mass is 10.1. The minimum atomic E-state index is 0.0135. The molecule has 0 spiro atoms. The molecule has 0 N–H and O–H groups in total. The van der Waals surface area contributed by atoms with Crippen LogP contribution in [0.25, 0.3) is 10.2 Å². The molecule has 0 bridgehead atoms. The summed E-state index contributed by atoms with van der Waals surface area (Å²) in [5.74, 6) is 1.44. The van der Waals surface area contributed by atoms with Crippen LogP contribution in [0.4, 0.5) is 0 Å². The van der Waals surface area contributed by atoms with Crippen molar-refractivity contribution in [2.75, 3.05) is 26.8 Å². The zero-order chi connectivity index (χ0) is 20.2. The number of methoxy groups -OCH3 is 1. The lowest BCUT2D eigenvalue weighted by molar-refractivity contribution is 0.0592. The number of benzene rings is 2. The number of para-hydroxylation sites is 1. The quantitative estimate of drug-likeness (QED) is 0.601. The van der Waals surface area contributed by atoms with Crippen LogP contribution in [0.3, 0.4) is 0 Å². The Morgan fingerprint density at radius 1 is 1.21 bits per heavy atom. The van der Waals surface area contributed by atoms with Gasteiger partial charge in [-0.3, -0.25) is 4.79 Å². The monoisotopic (exact) mass is 412 g/mol. The number of aromatic nitrogens is 1. The highest BCUT2D eigenvalue weighted by molar-refractivity contribution is 7.20. The Morgan fingerprint density at radius 3 is 2.76 bits per heavy atom. The fourth-order valence-corrected chi connectivity index (χ4v) is 4.34. The van der Waals surface area contributed by atoms with Crippen LogP contribution in [0.1, 0.15) is 30.1 Å². The van der Waals surface area contributed by atoms with Gasteiger partial charge in [0.25, 0.3) is 11.1 Å². The zero-order valence-electron chi connectivity index (χ0n) is 16.6. The highest BCUT2D eigenvalue weighted by Gasteiger charge is 2.27. The molecule has 0 radical (unpaired) electrons. The summed E-state index contributed by atoms with van der Waals surface area (Å²) in [5.41, 5.74) is 1.50. The maximum atomic E-state index is 12.9. The first kappa shape index (κ1) is 19.5. The van der Waals surface area contributed by atoms with Gasteiger partial charge >= 0.3 is 0 Å². The average Bonchev–Trinajstić information content (AvgIpc) is 3.15. The van der Waals surface area contributed by atoms with Gasteiger partial charge in [-0.25, -0.2) is 4.98 Å². The molecule has 1 aliphatic heterocycles. The molecule has 1 aliphatic rings. The summed E-state index contributed by atoms with van der Waals surface area (Å²) in [4.78, 5) is 19.4. The van der Waals surface area contributed by atoms with Crippen molar-refractivity contribution >= 4 is 27.5 Å². The number of carbonyl (C=O) groups is 1. The molecule has 0 atom stereocenters. The van der Waals surface area contributed by atoms with E-state index in [0.29, 0.717) is 36.2 Å². The number of thiazole rings is 1. The molecule has 0 unspecified atom stereocenters. The molecule has 1 aromatic heterocycles. The van der Waals surface area contributed by atoms with Gasteiger partial charge in [-0.2, -0.15) is 0 Å². The van der Waals surface area contributed by atoms with E-state index in [4.69, 9.17) is 14.2 Å². The Labute approximate surface area is 174 Å². The van der Waals surface area contributed by atoms with Gasteiger partial charge in [-0.1, -0.05) is 23.5 Å². The van der Waals surface area contributed by atoms with E-state index in [0.717, 1.165) is 28.8 Å². The second-order valence-electron chi connectivity index (χ2n) is 6.85. The number of amides is 1. The molecule has 7 heteroatoms. The van der Waals surface area contributed by atoms with E-state index in [2.05, 4.69) is 4.98 Å². The van der Waals surface area contributed by atoms with Crippen LogP contribution in [0.2, 0.25) is 0 Å². The molecule has 0 saturated carbocycles. The Kier molecular flexibility index (Phi) is 5.85. The van der Waals surface area contributed by atoms with Crippen molar-refractivity contribution < 1.29 is 19.0 Å². The molecule has 6 nitrogen and oxygen atoms in total. The van der Waals surface area contributed by atoms with Crippen molar-refractivity contribution in [3.05, 3.63) is 48.0 Å². The number of fused-ring (bicyclic) bond motifs is 1. The second kappa shape index (κ2) is 8.69. The van der Waals surface area contributed by atoms with Gasteiger partial charge in [0, 0.05) is 32.0 Å². The van der Waals surface area contributed by atoms with Gasteiger partial charge in [0.05, 0.1) is 29.5 Å². The second-order valence-corrected chi connectivity index (χ2v) is 7.85. The van der Waals surface area contributed by atoms with Crippen molar-refractivity contribution in [1.29, 1.82) is 0 Å². The minimum Gasteiger partial charge on any atom is -0.497 e. The summed E-state index contributed by atoms with van der Waals surface area (Å²) in [6, 6.07) is 13.3. The highest BCUT2D eigenvalue weighted by atomic mass is 32.1.